The zero-order valence-corrected chi connectivity index (χ0v) is 29.3. The van der Waals surface area contributed by atoms with Crippen LogP contribution in [0.5, 0.6) is 0 Å². The van der Waals surface area contributed by atoms with E-state index in [1.807, 2.05) is 0 Å². The highest BCUT2D eigenvalue weighted by Gasteiger charge is 2.38. The van der Waals surface area contributed by atoms with Crippen LogP contribution in [0.3, 0.4) is 0 Å². The largest absolute Gasteiger partial charge is 0.416 e. The van der Waals surface area contributed by atoms with Crippen molar-refractivity contribution >= 4 is 17.0 Å². The van der Waals surface area contributed by atoms with E-state index in [-0.39, 0.29) is 35.9 Å². The van der Waals surface area contributed by atoms with Crippen LogP contribution in [0, 0.1) is 89.3 Å². The molecule has 0 aliphatic carbocycles. The number of benzene rings is 5. The zero-order valence-electron chi connectivity index (χ0n) is 29.3. The molecular weight excluding hydrogens is 859 g/mol. The first-order valence-corrected chi connectivity index (χ1v) is 15.9. The molecule has 0 unspecified atom stereocenters. The van der Waals surface area contributed by atoms with E-state index in [0.29, 0.717) is 6.07 Å². The van der Waals surface area contributed by atoms with Crippen LogP contribution in [-0.4, -0.2) is 0 Å². The maximum atomic E-state index is 15.6. The summed E-state index contributed by atoms with van der Waals surface area (Å²) in [5.74, 6) is -20.1. The second kappa shape index (κ2) is 15.7. The Morgan fingerprint density at radius 1 is 0.525 bits per heavy atom. The summed E-state index contributed by atoms with van der Waals surface area (Å²) < 4.78 is 250. The van der Waals surface area contributed by atoms with Gasteiger partial charge in [0.25, 0.3) is 5.69 Å². The van der Waals surface area contributed by atoms with Crippen LogP contribution in [-0.2, 0) is 18.5 Å². The SMILES string of the molecule is [C-]#[N+]/C(c1c(F)c(F)c(C#N)c(F)c1F)=c1/cc(-c2cc(C(F)(F)F)cc(C(F)(F)F)c2)/c(=C(\C#N)c2c(F)c(F)c([N+]#[C-])c(F)c2F)cc1-c1cc(C)cc(C(F)(F)F)c1. The number of halogens is 17. The minimum Gasteiger partial charge on any atom is -0.237 e. The van der Waals surface area contributed by atoms with Gasteiger partial charge in [-0.05, 0) is 76.4 Å². The maximum absolute atomic E-state index is 15.6. The molecule has 0 aliphatic rings. The minimum atomic E-state index is -5.69. The van der Waals surface area contributed by atoms with E-state index in [1.165, 1.54) is 0 Å². The topological polar surface area (TPSA) is 56.3 Å². The summed E-state index contributed by atoms with van der Waals surface area (Å²) in [7, 11) is 0. The van der Waals surface area contributed by atoms with Crippen LogP contribution in [0.1, 0.15) is 38.9 Å². The molecule has 0 heterocycles. The lowest BCUT2D eigenvalue weighted by molar-refractivity contribution is -0.143. The first kappa shape index (κ1) is 44.7. The van der Waals surface area contributed by atoms with Gasteiger partial charge in [-0.2, -0.15) is 50.0 Å². The van der Waals surface area contributed by atoms with E-state index in [1.54, 1.807) is 0 Å². The van der Waals surface area contributed by atoms with Gasteiger partial charge in [-0.3, -0.25) is 0 Å². The lowest BCUT2D eigenvalue weighted by Crippen LogP contribution is -2.23. The maximum Gasteiger partial charge on any atom is 0.416 e. The Morgan fingerprint density at radius 2 is 0.934 bits per heavy atom. The molecule has 4 nitrogen and oxygen atoms in total. The number of alkyl halides is 9. The molecule has 0 aliphatic heterocycles. The van der Waals surface area contributed by atoms with E-state index in [0.717, 1.165) is 25.1 Å². The predicted molar refractivity (Wildman–Crippen MR) is 177 cm³/mol. The van der Waals surface area contributed by atoms with Crippen molar-refractivity contribution in [3.8, 4) is 34.4 Å². The molecule has 0 atom stereocenters. The molecular formula is C40H11F17N4. The molecule has 0 fully saturated rings. The van der Waals surface area contributed by atoms with Gasteiger partial charge in [-0.25, -0.2) is 44.8 Å². The number of hydrogen-bond acceptors (Lipinski definition) is 2. The molecule has 5 rings (SSSR count). The molecule has 0 N–H and O–H groups in total. The summed E-state index contributed by atoms with van der Waals surface area (Å²) in [5.41, 5.74) is -22.4. The average molecular weight is 871 g/mol. The average Bonchev–Trinajstić information content (AvgIpc) is 3.18. The quantitative estimate of drug-likeness (QED) is 0.103. The van der Waals surface area contributed by atoms with Gasteiger partial charge in [-0.15, -0.1) is 0 Å². The first-order valence-electron chi connectivity index (χ1n) is 15.9. The monoisotopic (exact) mass is 870 g/mol. The van der Waals surface area contributed by atoms with Crippen molar-refractivity contribution < 1.29 is 74.6 Å². The van der Waals surface area contributed by atoms with Crippen molar-refractivity contribution in [3.63, 3.8) is 0 Å². The summed E-state index contributed by atoms with van der Waals surface area (Å²) in [4.78, 5) is 5.09. The van der Waals surface area contributed by atoms with E-state index in [9.17, 15) is 62.3 Å². The van der Waals surface area contributed by atoms with Crippen molar-refractivity contribution in [1.29, 1.82) is 10.5 Å². The van der Waals surface area contributed by atoms with E-state index in [2.05, 4.69) is 9.69 Å². The van der Waals surface area contributed by atoms with Gasteiger partial charge < -0.3 is 0 Å². The van der Waals surface area contributed by atoms with E-state index < -0.39 is 154 Å². The summed E-state index contributed by atoms with van der Waals surface area (Å²) in [6.45, 7) is 15.6. The van der Waals surface area contributed by atoms with Gasteiger partial charge in [0.05, 0.1) is 46.5 Å². The van der Waals surface area contributed by atoms with Crippen molar-refractivity contribution in [1.82, 2.24) is 0 Å². The van der Waals surface area contributed by atoms with Gasteiger partial charge in [-0.1, -0.05) is 12.1 Å². The third kappa shape index (κ3) is 7.90. The van der Waals surface area contributed by atoms with Crippen molar-refractivity contribution in [2.24, 2.45) is 0 Å². The van der Waals surface area contributed by atoms with Crippen molar-refractivity contribution in [3.05, 3.63) is 167 Å². The fourth-order valence-electron chi connectivity index (χ4n) is 6.07. The third-order valence-corrected chi connectivity index (χ3v) is 8.73. The van der Waals surface area contributed by atoms with Gasteiger partial charge in [0.2, 0.25) is 5.70 Å². The number of aryl methyl sites for hydroxylation is 1. The Morgan fingerprint density at radius 3 is 1.34 bits per heavy atom. The van der Waals surface area contributed by atoms with Crippen LogP contribution >= 0.6 is 0 Å². The molecule has 0 saturated carbocycles. The van der Waals surface area contributed by atoms with E-state index >= 15 is 17.6 Å². The Bertz CT molecular complexity index is 2930. The lowest BCUT2D eigenvalue weighted by atomic mass is 9.88. The molecule has 0 radical (unpaired) electrons. The number of nitrogens with zero attached hydrogens (tertiary/aromatic N) is 4. The lowest BCUT2D eigenvalue weighted by Gasteiger charge is -2.18. The number of rotatable bonds is 4. The van der Waals surface area contributed by atoms with Crippen LogP contribution in [0.2, 0.25) is 0 Å². The second-order valence-corrected chi connectivity index (χ2v) is 12.5. The molecule has 310 valence electrons. The summed E-state index contributed by atoms with van der Waals surface area (Å²) in [6, 6.07) is 3.03. The van der Waals surface area contributed by atoms with Gasteiger partial charge in [0.15, 0.2) is 46.5 Å². The fourth-order valence-corrected chi connectivity index (χ4v) is 6.07. The zero-order chi connectivity index (χ0) is 45.8. The summed E-state index contributed by atoms with van der Waals surface area (Å²) >= 11 is 0. The Hall–Kier alpha value is -7.39. The second-order valence-electron chi connectivity index (χ2n) is 12.5. The number of nitriles is 2. The highest BCUT2D eigenvalue weighted by atomic mass is 19.4. The number of hydrogen-bond donors (Lipinski definition) is 0. The smallest absolute Gasteiger partial charge is 0.237 e. The third-order valence-electron chi connectivity index (χ3n) is 8.73. The Kier molecular flexibility index (Phi) is 11.5. The van der Waals surface area contributed by atoms with Crippen LogP contribution in [0.4, 0.5) is 80.3 Å². The van der Waals surface area contributed by atoms with Crippen molar-refractivity contribution in [2.45, 2.75) is 25.5 Å². The molecule has 5 aromatic carbocycles. The normalized spacial score (nSPS) is 12.9. The van der Waals surface area contributed by atoms with Crippen LogP contribution in [0.15, 0.2) is 48.5 Å². The van der Waals surface area contributed by atoms with Crippen LogP contribution in [0.25, 0.3) is 43.2 Å². The van der Waals surface area contributed by atoms with Gasteiger partial charge in [0, 0.05) is 5.22 Å². The molecule has 21 heteroatoms. The molecule has 0 spiro atoms. The molecule has 0 saturated heterocycles. The minimum absolute atomic E-state index is 0.114. The molecule has 0 amide bonds. The molecule has 0 bridgehead atoms. The predicted octanol–water partition coefficient (Wildman–Crippen LogP) is 11.7. The first-order chi connectivity index (χ1) is 28.2. The van der Waals surface area contributed by atoms with Gasteiger partial charge >= 0.3 is 18.5 Å². The summed E-state index contributed by atoms with van der Waals surface area (Å²) in [6.07, 6.45) is -16.6. The van der Waals surface area contributed by atoms with E-state index in [4.69, 9.17) is 18.4 Å². The fraction of sp³-hybridized carbons (Fsp3) is 0.100. The highest BCUT2D eigenvalue weighted by molar-refractivity contribution is 5.87. The Labute approximate surface area is 329 Å². The highest BCUT2D eigenvalue weighted by Crippen LogP contribution is 2.40. The van der Waals surface area contributed by atoms with Gasteiger partial charge in [0.1, 0.15) is 17.7 Å². The summed E-state index contributed by atoms with van der Waals surface area (Å²) in [5, 5.41) is 16.6. The molecule has 5 aromatic rings. The standard InChI is InChI=1S/C40H11F17N4/c1-14-4-15(6-17(5-14)38(49,50)51)21-10-22(24(12-58)26-30(43)34(47)37(61-3)35(48)31(26)44)20(16-7-18(39(52,53)54)9-19(8-16)40(55,56)57)11-23(21)36(60-2)27-32(45)28(41)25(13-59)29(42)33(27)46/h4-11H,1H3/b24-22+,36-23-. The van der Waals surface area contributed by atoms with Crippen molar-refractivity contribution in [2.75, 3.05) is 0 Å². The Balaban J connectivity index is 2.28. The molecule has 61 heavy (non-hydrogen) atoms. The molecule has 0 aromatic heterocycles. The van der Waals surface area contributed by atoms with Crippen LogP contribution < -0.4 is 10.4 Å².